The standard InChI is InChI=1S/C15H16F3NO3/c1-14(2,21)7-6-11-4-3-5-12(10-11)22-9-8-19-13(20)15(16,17)18/h3-5,10,21H,8-9H2,1-2H3,(H,19,20). The maximum atomic E-state index is 11.9. The lowest BCUT2D eigenvalue weighted by Gasteiger charge is -2.09. The number of halogens is 3. The largest absolute Gasteiger partial charge is 0.492 e. The third-order valence-corrected chi connectivity index (χ3v) is 2.26. The second-order valence-corrected chi connectivity index (χ2v) is 4.94. The molecule has 1 aromatic carbocycles. The number of carbonyl (C=O) groups is 1. The summed E-state index contributed by atoms with van der Waals surface area (Å²) in [4.78, 5) is 10.6. The zero-order valence-electron chi connectivity index (χ0n) is 12.1. The van der Waals surface area contributed by atoms with Crippen LogP contribution < -0.4 is 10.1 Å². The molecule has 0 bridgehead atoms. The van der Waals surface area contributed by atoms with Gasteiger partial charge in [0.2, 0.25) is 0 Å². The number of aliphatic hydroxyl groups is 1. The lowest BCUT2D eigenvalue weighted by Crippen LogP contribution is -2.38. The van der Waals surface area contributed by atoms with Crippen LogP contribution >= 0.6 is 0 Å². The first-order chi connectivity index (χ1) is 10.1. The molecule has 0 aromatic heterocycles. The van der Waals surface area contributed by atoms with Crippen molar-refractivity contribution in [3.05, 3.63) is 29.8 Å². The Kier molecular flexibility index (Phi) is 5.83. The molecule has 120 valence electrons. The maximum Gasteiger partial charge on any atom is 0.471 e. The average molecular weight is 315 g/mol. The van der Waals surface area contributed by atoms with Crippen LogP contribution in [0.2, 0.25) is 0 Å². The molecular weight excluding hydrogens is 299 g/mol. The summed E-state index contributed by atoms with van der Waals surface area (Å²) in [5.41, 5.74) is -0.530. The lowest BCUT2D eigenvalue weighted by atomic mass is 10.1. The van der Waals surface area contributed by atoms with Crippen molar-refractivity contribution in [2.45, 2.75) is 25.6 Å². The highest BCUT2D eigenvalue weighted by atomic mass is 19.4. The Bertz CT molecular complexity index is 580. The van der Waals surface area contributed by atoms with Gasteiger partial charge in [0.1, 0.15) is 18.0 Å². The zero-order chi connectivity index (χ0) is 16.8. The molecule has 0 heterocycles. The van der Waals surface area contributed by atoms with E-state index in [1.54, 1.807) is 43.4 Å². The fourth-order valence-corrected chi connectivity index (χ4v) is 1.32. The summed E-state index contributed by atoms with van der Waals surface area (Å²) in [7, 11) is 0. The van der Waals surface area contributed by atoms with Gasteiger partial charge in [0.05, 0.1) is 6.54 Å². The van der Waals surface area contributed by atoms with E-state index in [0.29, 0.717) is 11.3 Å². The number of ether oxygens (including phenoxy) is 1. The topological polar surface area (TPSA) is 58.6 Å². The molecule has 1 amide bonds. The van der Waals surface area contributed by atoms with Crippen LogP contribution in [0, 0.1) is 11.8 Å². The molecule has 7 heteroatoms. The van der Waals surface area contributed by atoms with Crippen LogP contribution in [0.15, 0.2) is 24.3 Å². The molecule has 0 unspecified atom stereocenters. The molecule has 2 N–H and O–H groups in total. The molecule has 0 aliphatic carbocycles. The van der Waals surface area contributed by atoms with Crippen LogP contribution in [-0.2, 0) is 4.79 Å². The second-order valence-electron chi connectivity index (χ2n) is 4.94. The first-order valence-electron chi connectivity index (χ1n) is 6.41. The van der Waals surface area contributed by atoms with Crippen LogP contribution in [0.3, 0.4) is 0 Å². The Hall–Kier alpha value is -2.20. The molecule has 0 radical (unpaired) electrons. The highest BCUT2D eigenvalue weighted by Gasteiger charge is 2.38. The molecule has 0 atom stereocenters. The van der Waals surface area contributed by atoms with Crippen molar-refractivity contribution in [1.29, 1.82) is 0 Å². The molecule has 4 nitrogen and oxygen atoms in total. The smallest absolute Gasteiger partial charge is 0.471 e. The van der Waals surface area contributed by atoms with Crippen LogP contribution in [0.25, 0.3) is 0 Å². The van der Waals surface area contributed by atoms with Gasteiger partial charge in [0, 0.05) is 5.56 Å². The molecular formula is C15H16F3NO3. The van der Waals surface area contributed by atoms with E-state index in [1.165, 1.54) is 0 Å². The highest BCUT2D eigenvalue weighted by molar-refractivity contribution is 5.81. The Morgan fingerprint density at radius 1 is 1.36 bits per heavy atom. The van der Waals surface area contributed by atoms with Gasteiger partial charge in [-0.25, -0.2) is 0 Å². The van der Waals surface area contributed by atoms with Gasteiger partial charge in [-0.1, -0.05) is 17.9 Å². The first-order valence-corrected chi connectivity index (χ1v) is 6.41. The predicted molar refractivity (Wildman–Crippen MR) is 74.2 cm³/mol. The Morgan fingerprint density at radius 3 is 2.64 bits per heavy atom. The van der Waals surface area contributed by atoms with Crippen molar-refractivity contribution >= 4 is 5.91 Å². The summed E-state index contributed by atoms with van der Waals surface area (Å²) in [6.45, 7) is 2.72. The number of hydrogen-bond acceptors (Lipinski definition) is 3. The van der Waals surface area contributed by atoms with E-state index in [1.807, 2.05) is 0 Å². The van der Waals surface area contributed by atoms with Crippen LogP contribution in [0.5, 0.6) is 5.75 Å². The molecule has 0 saturated heterocycles. The summed E-state index contributed by atoms with van der Waals surface area (Å²) < 4.78 is 41.1. The maximum absolute atomic E-state index is 11.9. The quantitative estimate of drug-likeness (QED) is 0.659. The minimum atomic E-state index is -4.90. The molecule has 0 fully saturated rings. The van der Waals surface area contributed by atoms with Gasteiger partial charge in [-0.2, -0.15) is 13.2 Å². The van der Waals surface area contributed by atoms with E-state index < -0.39 is 17.7 Å². The van der Waals surface area contributed by atoms with Crippen molar-refractivity contribution in [3.8, 4) is 17.6 Å². The second kappa shape index (κ2) is 7.18. The number of amides is 1. The van der Waals surface area contributed by atoms with Crippen molar-refractivity contribution in [3.63, 3.8) is 0 Å². The highest BCUT2D eigenvalue weighted by Crippen LogP contribution is 2.14. The molecule has 1 aromatic rings. The van der Waals surface area contributed by atoms with Gasteiger partial charge in [0.15, 0.2) is 0 Å². The predicted octanol–water partition coefficient (Wildman–Crippen LogP) is 1.87. The molecule has 0 aliphatic rings. The molecule has 22 heavy (non-hydrogen) atoms. The number of alkyl halides is 3. The number of nitrogens with one attached hydrogen (secondary N) is 1. The van der Waals surface area contributed by atoms with Crippen LogP contribution in [-0.4, -0.2) is 35.9 Å². The SMILES string of the molecule is CC(C)(O)C#Cc1cccc(OCCNC(=O)C(F)(F)F)c1. The van der Waals surface area contributed by atoms with Crippen LogP contribution in [0.1, 0.15) is 19.4 Å². The third kappa shape index (κ3) is 6.99. The normalized spacial score (nSPS) is 11.4. The minimum absolute atomic E-state index is 0.107. The van der Waals surface area contributed by atoms with Gasteiger partial charge >= 0.3 is 12.1 Å². The first kappa shape index (κ1) is 17.9. The average Bonchev–Trinajstić information content (AvgIpc) is 2.40. The Balaban J connectivity index is 2.51. The number of carbonyl (C=O) groups excluding carboxylic acids is 1. The monoisotopic (exact) mass is 315 g/mol. The van der Waals surface area contributed by atoms with Crippen molar-refractivity contribution in [1.82, 2.24) is 5.32 Å². The fraction of sp³-hybridized carbons (Fsp3) is 0.400. The van der Waals surface area contributed by atoms with E-state index in [0.717, 1.165) is 0 Å². The molecule has 1 rings (SSSR count). The van der Waals surface area contributed by atoms with Crippen molar-refractivity contribution < 1.29 is 27.8 Å². The number of benzene rings is 1. The number of hydrogen-bond donors (Lipinski definition) is 2. The Morgan fingerprint density at radius 2 is 2.05 bits per heavy atom. The van der Waals surface area contributed by atoms with E-state index in [-0.39, 0.29) is 13.2 Å². The minimum Gasteiger partial charge on any atom is -0.492 e. The third-order valence-electron chi connectivity index (χ3n) is 2.26. The summed E-state index contributed by atoms with van der Waals surface area (Å²) in [6.07, 6.45) is -4.90. The lowest BCUT2D eigenvalue weighted by molar-refractivity contribution is -0.173. The van der Waals surface area contributed by atoms with Crippen molar-refractivity contribution in [2.75, 3.05) is 13.2 Å². The van der Waals surface area contributed by atoms with Crippen LogP contribution in [0.4, 0.5) is 13.2 Å². The van der Waals surface area contributed by atoms with Gasteiger partial charge < -0.3 is 15.2 Å². The van der Waals surface area contributed by atoms with Gasteiger partial charge in [0.25, 0.3) is 0 Å². The molecule has 0 aliphatic heterocycles. The van der Waals surface area contributed by atoms with Gasteiger partial charge in [-0.3, -0.25) is 4.79 Å². The summed E-state index contributed by atoms with van der Waals surface area (Å²) in [5, 5.41) is 11.2. The van der Waals surface area contributed by atoms with E-state index in [4.69, 9.17) is 4.74 Å². The summed E-state index contributed by atoms with van der Waals surface area (Å²) in [6, 6.07) is 6.57. The number of rotatable bonds is 4. The summed E-state index contributed by atoms with van der Waals surface area (Å²) in [5.74, 6) is 3.79. The zero-order valence-corrected chi connectivity index (χ0v) is 12.1. The summed E-state index contributed by atoms with van der Waals surface area (Å²) >= 11 is 0. The van der Waals surface area contributed by atoms with E-state index >= 15 is 0 Å². The van der Waals surface area contributed by atoms with Gasteiger partial charge in [-0.05, 0) is 32.0 Å². The van der Waals surface area contributed by atoms with Gasteiger partial charge in [-0.15, -0.1) is 0 Å². The van der Waals surface area contributed by atoms with E-state index in [9.17, 15) is 23.1 Å². The molecule has 0 spiro atoms. The Labute approximate surface area is 126 Å². The molecule has 0 saturated carbocycles. The van der Waals surface area contributed by atoms with E-state index in [2.05, 4.69) is 11.8 Å². The fourth-order valence-electron chi connectivity index (χ4n) is 1.32. The van der Waals surface area contributed by atoms with Crippen molar-refractivity contribution in [2.24, 2.45) is 0 Å².